The number of hydrogen-bond donors (Lipinski definition) is 0. The summed E-state index contributed by atoms with van der Waals surface area (Å²) < 4.78 is 26.1. The Morgan fingerprint density at radius 3 is 1.05 bits per heavy atom. The first-order chi connectivity index (χ1) is 17.8. The monoisotopic (exact) mass is 572 g/mol. The van der Waals surface area contributed by atoms with Crippen molar-refractivity contribution >= 4 is 27.4 Å². The fourth-order valence-corrected chi connectivity index (χ4v) is 9.56. The lowest BCUT2D eigenvalue weighted by atomic mass is 9.75. The summed E-state index contributed by atoms with van der Waals surface area (Å²) in [5.41, 5.74) is 5.23. The molecule has 0 radical (unpaired) electrons. The van der Waals surface area contributed by atoms with Crippen molar-refractivity contribution < 1.29 is 18.1 Å². The molecule has 39 heavy (non-hydrogen) atoms. The van der Waals surface area contributed by atoms with Crippen LogP contribution >= 0.6 is 16.8 Å². The lowest BCUT2D eigenvalue weighted by Crippen LogP contribution is -2.46. The molecule has 2 aromatic carbocycles. The maximum Gasteiger partial charge on any atom is 0.205 e. The molecular weight excluding hydrogens is 522 g/mol. The Morgan fingerprint density at radius 1 is 0.487 bits per heavy atom. The van der Waals surface area contributed by atoms with Crippen LogP contribution in [-0.2, 0) is 39.8 Å². The molecular formula is C33H50O4P2. The summed E-state index contributed by atoms with van der Waals surface area (Å²) in [7, 11) is -2.33. The van der Waals surface area contributed by atoms with Gasteiger partial charge >= 0.3 is 0 Å². The summed E-state index contributed by atoms with van der Waals surface area (Å²) in [6, 6.07) is 13.2. The van der Waals surface area contributed by atoms with Gasteiger partial charge in [0.05, 0.1) is 31.8 Å². The van der Waals surface area contributed by atoms with E-state index in [0.717, 1.165) is 0 Å². The lowest BCUT2D eigenvalue weighted by molar-refractivity contribution is -0.0499. The van der Waals surface area contributed by atoms with Crippen LogP contribution in [0.5, 0.6) is 0 Å². The summed E-state index contributed by atoms with van der Waals surface area (Å²) in [4.78, 5) is 0. The highest BCUT2D eigenvalue weighted by molar-refractivity contribution is 7.56. The van der Waals surface area contributed by atoms with Gasteiger partial charge in [-0.15, -0.1) is 0 Å². The first kappa shape index (κ1) is 31.1. The Balaban J connectivity index is 1.53. The summed E-state index contributed by atoms with van der Waals surface area (Å²) in [5.74, 6) is 0. The molecule has 2 aliphatic heterocycles. The van der Waals surface area contributed by atoms with Crippen LogP contribution in [0.15, 0.2) is 36.4 Å². The molecule has 2 saturated heterocycles. The van der Waals surface area contributed by atoms with Crippen LogP contribution in [0.1, 0.15) is 105 Å². The van der Waals surface area contributed by atoms with Gasteiger partial charge in [0.2, 0.25) is 16.8 Å². The second kappa shape index (κ2) is 10.8. The van der Waals surface area contributed by atoms with Gasteiger partial charge in [-0.05, 0) is 56.0 Å². The Labute approximate surface area is 240 Å². The van der Waals surface area contributed by atoms with Crippen LogP contribution in [0.3, 0.4) is 0 Å². The van der Waals surface area contributed by atoms with Crippen molar-refractivity contribution in [3.05, 3.63) is 58.7 Å². The van der Waals surface area contributed by atoms with Crippen LogP contribution in [0.2, 0.25) is 0 Å². The highest BCUT2D eigenvalue weighted by atomic mass is 31.2. The van der Waals surface area contributed by atoms with E-state index in [-0.39, 0.29) is 27.1 Å². The molecule has 0 saturated carbocycles. The van der Waals surface area contributed by atoms with E-state index in [9.17, 15) is 0 Å². The molecule has 2 aliphatic rings. The fraction of sp³-hybridized carbons (Fsp3) is 0.636. The molecule has 2 heterocycles. The van der Waals surface area contributed by atoms with Crippen molar-refractivity contribution in [2.75, 3.05) is 26.4 Å². The Kier molecular flexibility index (Phi) is 8.58. The molecule has 0 aromatic heterocycles. The minimum Gasteiger partial charge on any atom is -0.330 e. The topological polar surface area (TPSA) is 36.9 Å². The molecule has 0 N–H and O–H groups in total. The average molecular weight is 573 g/mol. The summed E-state index contributed by atoms with van der Waals surface area (Å²) in [5, 5.41) is 2.40. The van der Waals surface area contributed by atoms with Gasteiger partial charge in [-0.25, -0.2) is 0 Å². The fourth-order valence-electron chi connectivity index (χ4n) is 5.60. The number of rotatable bonds is 2. The standard InChI is InChI=1S/C33H50O4P2/c1-29(2,3)23-15-13-17-25(27(23)31(7,8)9)38-34-19-33(20-35-38)21-36-39(37-22-33)26-18-14-16-24(30(4,5)6)28(26)32(10,11)12/h13-18H,19-22H2,1-12H3. The second-order valence-electron chi connectivity index (χ2n) is 15.5. The second-order valence-corrected chi connectivity index (χ2v) is 18.5. The van der Waals surface area contributed by atoms with Gasteiger partial charge in [0.1, 0.15) is 0 Å². The van der Waals surface area contributed by atoms with Crippen LogP contribution in [-0.4, -0.2) is 26.4 Å². The van der Waals surface area contributed by atoms with Gasteiger partial charge in [-0.3, -0.25) is 0 Å². The predicted molar refractivity (Wildman–Crippen MR) is 167 cm³/mol. The van der Waals surface area contributed by atoms with Crippen molar-refractivity contribution in [2.24, 2.45) is 5.41 Å². The van der Waals surface area contributed by atoms with E-state index in [1.54, 1.807) is 0 Å². The van der Waals surface area contributed by atoms with Crippen molar-refractivity contribution in [1.29, 1.82) is 0 Å². The lowest BCUT2D eigenvalue weighted by Gasteiger charge is -2.44. The van der Waals surface area contributed by atoms with E-state index in [4.69, 9.17) is 18.1 Å². The maximum absolute atomic E-state index is 6.53. The van der Waals surface area contributed by atoms with Crippen LogP contribution in [0.4, 0.5) is 0 Å². The van der Waals surface area contributed by atoms with Crippen LogP contribution < -0.4 is 10.6 Å². The Morgan fingerprint density at radius 2 is 0.795 bits per heavy atom. The molecule has 2 aromatic rings. The van der Waals surface area contributed by atoms with E-state index < -0.39 is 16.8 Å². The van der Waals surface area contributed by atoms with E-state index >= 15 is 0 Å². The first-order valence-electron chi connectivity index (χ1n) is 14.2. The predicted octanol–water partition coefficient (Wildman–Crippen LogP) is 8.53. The maximum atomic E-state index is 6.53. The zero-order chi connectivity index (χ0) is 29.0. The van der Waals surface area contributed by atoms with Gasteiger partial charge in [0.15, 0.2) is 0 Å². The van der Waals surface area contributed by atoms with E-state index in [1.165, 1.54) is 32.9 Å². The minimum absolute atomic E-state index is 0.0113. The van der Waals surface area contributed by atoms with E-state index in [0.29, 0.717) is 26.4 Å². The van der Waals surface area contributed by atoms with Crippen molar-refractivity contribution in [3.8, 4) is 0 Å². The SMILES string of the molecule is CC(C)(C)c1cccc(P2OCC3(CO2)COP(c2cccc(C(C)(C)C)c2C(C)(C)C)OC3)c1C(C)(C)C. The van der Waals surface area contributed by atoms with Gasteiger partial charge in [-0.2, -0.15) is 0 Å². The molecule has 216 valence electrons. The molecule has 0 amide bonds. The van der Waals surface area contributed by atoms with E-state index in [2.05, 4.69) is 119 Å². The average Bonchev–Trinajstić information content (AvgIpc) is 2.82. The normalized spacial score (nSPS) is 25.2. The van der Waals surface area contributed by atoms with Crippen LogP contribution in [0, 0.1) is 5.41 Å². The zero-order valence-electron chi connectivity index (χ0n) is 26.3. The van der Waals surface area contributed by atoms with Crippen molar-refractivity contribution in [1.82, 2.24) is 0 Å². The van der Waals surface area contributed by atoms with Gasteiger partial charge < -0.3 is 18.1 Å². The molecule has 6 heteroatoms. The highest BCUT2D eigenvalue weighted by Crippen LogP contribution is 2.54. The molecule has 1 spiro atoms. The Bertz CT molecular complexity index is 1070. The van der Waals surface area contributed by atoms with Gasteiger partial charge in [-0.1, -0.05) is 107 Å². The summed E-state index contributed by atoms with van der Waals surface area (Å²) in [6.07, 6.45) is 0. The molecule has 2 fully saturated rings. The molecule has 0 unspecified atom stereocenters. The smallest absolute Gasteiger partial charge is 0.205 e. The molecule has 4 rings (SSSR count). The summed E-state index contributed by atoms with van der Waals surface area (Å²) >= 11 is 0. The third-order valence-electron chi connectivity index (χ3n) is 7.55. The van der Waals surface area contributed by atoms with Crippen molar-refractivity contribution in [3.63, 3.8) is 0 Å². The quantitative estimate of drug-likeness (QED) is 0.338. The summed E-state index contributed by atoms with van der Waals surface area (Å²) in [6.45, 7) is 29.7. The molecule has 0 aliphatic carbocycles. The minimum atomic E-state index is -1.16. The Hall–Kier alpha value is -0.860. The van der Waals surface area contributed by atoms with Crippen molar-refractivity contribution in [2.45, 2.75) is 105 Å². The highest BCUT2D eigenvalue weighted by Gasteiger charge is 2.45. The number of hydrogen-bond acceptors (Lipinski definition) is 4. The third kappa shape index (κ3) is 6.63. The molecule has 0 atom stereocenters. The number of benzene rings is 2. The van der Waals surface area contributed by atoms with E-state index in [1.807, 2.05) is 0 Å². The zero-order valence-corrected chi connectivity index (χ0v) is 28.1. The largest absolute Gasteiger partial charge is 0.330 e. The first-order valence-corrected chi connectivity index (χ1v) is 16.6. The van der Waals surface area contributed by atoms with Gasteiger partial charge in [0.25, 0.3) is 0 Å². The third-order valence-corrected chi connectivity index (χ3v) is 10.5. The molecule has 4 nitrogen and oxygen atoms in total. The van der Waals surface area contributed by atoms with Gasteiger partial charge in [0, 0.05) is 10.6 Å². The van der Waals surface area contributed by atoms with Crippen LogP contribution in [0.25, 0.3) is 0 Å². The molecule has 0 bridgehead atoms.